The van der Waals surface area contributed by atoms with Crippen LogP contribution in [0.25, 0.3) is 33.5 Å². The van der Waals surface area contributed by atoms with E-state index >= 15 is 0 Å². The lowest BCUT2D eigenvalue weighted by Crippen LogP contribution is -2.01. The molecule has 4 aromatic rings. The number of hydrogen-bond donors (Lipinski definition) is 0. The molecule has 0 atom stereocenters. The fourth-order valence-corrected chi connectivity index (χ4v) is 3.85. The Morgan fingerprint density at radius 1 is 0.923 bits per heavy atom. The molecule has 0 fully saturated rings. The molecule has 0 bridgehead atoms. The van der Waals surface area contributed by atoms with Gasteiger partial charge in [-0.05, 0) is 24.8 Å². The second-order valence-electron chi connectivity index (χ2n) is 5.92. The van der Waals surface area contributed by atoms with Crippen LogP contribution in [0.4, 0.5) is 0 Å². The van der Waals surface area contributed by atoms with Gasteiger partial charge in [0.1, 0.15) is 0 Å². The van der Waals surface area contributed by atoms with Crippen LogP contribution in [-0.4, -0.2) is 25.5 Å². The van der Waals surface area contributed by atoms with E-state index in [4.69, 9.17) is 4.98 Å². The van der Waals surface area contributed by atoms with Gasteiger partial charge in [-0.3, -0.25) is 0 Å². The molecule has 2 aromatic carbocycles. The number of hydrogen-bond acceptors (Lipinski definition) is 4. The third-order valence-electron chi connectivity index (χ3n) is 4.33. The highest BCUT2D eigenvalue weighted by molar-refractivity contribution is 7.99. The summed E-state index contributed by atoms with van der Waals surface area (Å²) in [7, 11) is 0. The summed E-state index contributed by atoms with van der Waals surface area (Å²) in [5, 5.41) is 11.0. The summed E-state index contributed by atoms with van der Waals surface area (Å²) in [6.07, 6.45) is 0. The molecule has 0 aliphatic carbocycles. The smallest absolute Gasteiger partial charge is 0.191 e. The maximum atomic E-state index is 4.87. The number of para-hydroxylation sites is 1. The zero-order valence-corrected chi connectivity index (χ0v) is 15.7. The van der Waals surface area contributed by atoms with Gasteiger partial charge in [0.15, 0.2) is 11.0 Å². The van der Waals surface area contributed by atoms with Gasteiger partial charge in [-0.2, -0.15) is 0 Å². The maximum Gasteiger partial charge on any atom is 0.191 e. The quantitative estimate of drug-likeness (QED) is 0.453. The Morgan fingerprint density at radius 3 is 2.46 bits per heavy atom. The molecule has 2 heterocycles. The van der Waals surface area contributed by atoms with Gasteiger partial charge >= 0.3 is 0 Å². The monoisotopic (exact) mass is 360 g/mol. The van der Waals surface area contributed by atoms with Gasteiger partial charge < -0.3 is 4.57 Å². The predicted octanol–water partition coefficient (Wildman–Crippen LogP) is 5.29. The lowest BCUT2D eigenvalue weighted by molar-refractivity contribution is 0.688. The van der Waals surface area contributed by atoms with Crippen molar-refractivity contribution in [1.82, 2.24) is 19.7 Å². The summed E-state index contributed by atoms with van der Waals surface area (Å²) in [6.45, 7) is 5.10. The number of rotatable bonds is 5. The summed E-state index contributed by atoms with van der Waals surface area (Å²) >= 11 is 1.72. The second-order valence-corrected chi connectivity index (χ2v) is 7.15. The number of thioether (sulfide) groups is 1. The number of pyridine rings is 1. The first-order valence-electron chi connectivity index (χ1n) is 8.83. The molecule has 26 heavy (non-hydrogen) atoms. The molecule has 0 spiro atoms. The average molecular weight is 360 g/mol. The minimum Gasteiger partial charge on any atom is -0.302 e. The van der Waals surface area contributed by atoms with Crippen molar-refractivity contribution >= 4 is 22.7 Å². The molecule has 130 valence electrons. The first kappa shape index (κ1) is 16.8. The first-order chi connectivity index (χ1) is 12.8. The van der Waals surface area contributed by atoms with Crippen LogP contribution < -0.4 is 0 Å². The Morgan fingerprint density at radius 2 is 1.69 bits per heavy atom. The Labute approximate surface area is 157 Å². The molecule has 5 heteroatoms. The van der Waals surface area contributed by atoms with Crippen molar-refractivity contribution in [1.29, 1.82) is 0 Å². The summed E-state index contributed by atoms with van der Waals surface area (Å²) in [6, 6.07) is 20.6. The van der Waals surface area contributed by atoms with Crippen LogP contribution in [0.1, 0.15) is 13.8 Å². The van der Waals surface area contributed by atoms with Gasteiger partial charge in [-0.25, -0.2) is 4.98 Å². The number of aromatic nitrogens is 4. The van der Waals surface area contributed by atoms with E-state index in [0.717, 1.165) is 51.0 Å². The molecule has 0 N–H and O–H groups in total. The summed E-state index contributed by atoms with van der Waals surface area (Å²) in [5.41, 5.74) is 4.10. The molecular formula is C21H20N4S. The van der Waals surface area contributed by atoms with Crippen molar-refractivity contribution in [2.24, 2.45) is 0 Å². The Hall–Kier alpha value is -2.66. The van der Waals surface area contributed by atoms with Crippen LogP contribution in [0.5, 0.6) is 0 Å². The third kappa shape index (κ3) is 2.99. The van der Waals surface area contributed by atoms with E-state index in [2.05, 4.69) is 58.9 Å². The topological polar surface area (TPSA) is 43.6 Å². The first-order valence-corrected chi connectivity index (χ1v) is 9.82. The molecule has 0 unspecified atom stereocenters. The second kappa shape index (κ2) is 7.30. The standard InChI is InChI=1S/C21H20N4S/c1-3-25-20(23-24-21(25)26-4-2)17-14-19(15-10-6-5-7-11-15)22-18-13-9-8-12-16(17)18/h5-14H,3-4H2,1-2H3. The lowest BCUT2D eigenvalue weighted by atomic mass is 10.0. The predicted molar refractivity (Wildman–Crippen MR) is 108 cm³/mol. The number of fused-ring (bicyclic) bond motifs is 1. The van der Waals surface area contributed by atoms with Gasteiger partial charge in [0.05, 0.1) is 11.2 Å². The zero-order valence-electron chi connectivity index (χ0n) is 14.9. The number of benzene rings is 2. The zero-order chi connectivity index (χ0) is 17.9. The van der Waals surface area contributed by atoms with Crippen molar-refractivity contribution in [3.8, 4) is 22.6 Å². The highest BCUT2D eigenvalue weighted by Crippen LogP contribution is 2.32. The van der Waals surface area contributed by atoms with E-state index < -0.39 is 0 Å². The van der Waals surface area contributed by atoms with E-state index in [-0.39, 0.29) is 0 Å². The maximum absolute atomic E-state index is 4.87. The van der Waals surface area contributed by atoms with Gasteiger partial charge in [0.2, 0.25) is 0 Å². The third-order valence-corrected chi connectivity index (χ3v) is 5.18. The van der Waals surface area contributed by atoms with E-state index in [1.165, 1.54) is 0 Å². The van der Waals surface area contributed by atoms with Gasteiger partial charge in [0, 0.05) is 23.1 Å². The minimum atomic E-state index is 0.835. The van der Waals surface area contributed by atoms with E-state index in [0.29, 0.717) is 0 Å². The summed E-state index contributed by atoms with van der Waals surface area (Å²) in [4.78, 5) is 4.87. The van der Waals surface area contributed by atoms with Crippen molar-refractivity contribution < 1.29 is 0 Å². The average Bonchev–Trinajstić information content (AvgIpc) is 3.10. The number of nitrogens with zero attached hydrogens (tertiary/aromatic N) is 4. The van der Waals surface area contributed by atoms with Crippen LogP contribution in [-0.2, 0) is 6.54 Å². The molecule has 0 saturated carbocycles. The molecule has 0 saturated heterocycles. The Kier molecular flexibility index (Phi) is 4.71. The highest BCUT2D eigenvalue weighted by atomic mass is 32.2. The van der Waals surface area contributed by atoms with E-state index in [1.54, 1.807) is 11.8 Å². The highest BCUT2D eigenvalue weighted by Gasteiger charge is 2.17. The van der Waals surface area contributed by atoms with Crippen LogP contribution in [0.15, 0.2) is 65.8 Å². The fraction of sp³-hybridized carbons (Fsp3) is 0.190. The summed E-state index contributed by atoms with van der Waals surface area (Å²) in [5.74, 6) is 1.88. The molecular weight excluding hydrogens is 340 g/mol. The van der Waals surface area contributed by atoms with Crippen LogP contribution >= 0.6 is 11.8 Å². The van der Waals surface area contributed by atoms with E-state index in [1.807, 2.05) is 30.3 Å². The Bertz CT molecular complexity index is 1040. The Balaban J connectivity index is 1.97. The van der Waals surface area contributed by atoms with Crippen molar-refractivity contribution in [2.45, 2.75) is 25.5 Å². The molecule has 2 aromatic heterocycles. The van der Waals surface area contributed by atoms with Crippen LogP contribution in [0.3, 0.4) is 0 Å². The van der Waals surface area contributed by atoms with Crippen molar-refractivity contribution in [3.63, 3.8) is 0 Å². The van der Waals surface area contributed by atoms with Crippen molar-refractivity contribution in [3.05, 3.63) is 60.7 Å². The largest absolute Gasteiger partial charge is 0.302 e. The van der Waals surface area contributed by atoms with Gasteiger partial charge in [-0.15, -0.1) is 10.2 Å². The van der Waals surface area contributed by atoms with Gasteiger partial charge in [0.25, 0.3) is 0 Å². The van der Waals surface area contributed by atoms with Crippen LogP contribution in [0, 0.1) is 0 Å². The summed E-state index contributed by atoms with van der Waals surface area (Å²) < 4.78 is 2.19. The molecule has 4 nitrogen and oxygen atoms in total. The molecule has 0 aliphatic heterocycles. The SMILES string of the molecule is CCSc1nnc(-c2cc(-c3ccccc3)nc3ccccc23)n1CC. The van der Waals surface area contributed by atoms with Crippen LogP contribution in [0.2, 0.25) is 0 Å². The molecule has 4 rings (SSSR count). The van der Waals surface area contributed by atoms with Crippen molar-refractivity contribution in [2.75, 3.05) is 5.75 Å². The van der Waals surface area contributed by atoms with Gasteiger partial charge in [-0.1, -0.05) is 67.2 Å². The van der Waals surface area contributed by atoms with E-state index in [9.17, 15) is 0 Å². The molecule has 0 radical (unpaired) electrons. The lowest BCUT2D eigenvalue weighted by Gasteiger charge is -2.11. The normalized spacial score (nSPS) is 11.2. The fourth-order valence-electron chi connectivity index (χ4n) is 3.13. The molecule has 0 aliphatic rings. The molecule has 0 amide bonds. The minimum absolute atomic E-state index is 0.835.